The van der Waals surface area contributed by atoms with Gasteiger partial charge in [0.2, 0.25) is 11.0 Å². The molecule has 3 rings (SSSR count). The Labute approximate surface area is 165 Å². The Balaban J connectivity index is 1.39. The van der Waals surface area contributed by atoms with Crippen LogP contribution in [0.2, 0.25) is 0 Å². The molecule has 8 heteroatoms. The van der Waals surface area contributed by atoms with Crippen molar-refractivity contribution >= 4 is 40.0 Å². The molecule has 1 heterocycles. The molecule has 0 aliphatic heterocycles. The van der Waals surface area contributed by atoms with Crippen LogP contribution in [0.3, 0.4) is 0 Å². The molecule has 6 nitrogen and oxygen atoms in total. The van der Waals surface area contributed by atoms with Crippen molar-refractivity contribution in [1.82, 2.24) is 15.5 Å². The van der Waals surface area contributed by atoms with Crippen molar-refractivity contribution in [1.29, 1.82) is 0 Å². The molecule has 0 bridgehead atoms. The fourth-order valence-corrected chi connectivity index (χ4v) is 3.92. The summed E-state index contributed by atoms with van der Waals surface area (Å²) in [5.41, 5.74) is 1.78. The minimum Gasteiger partial charge on any atom is -0.352 e. The highest BCUT2D eigenvalue weighted by Gasteiger charge is 2.10. The van der Waals surface area contributed by atoms with E-state index in [9.17, 15) is 9.59 Å². The lowest BCUT2D eigenvalue weighted by atomic mass is 10.2. The molecule has 0 saturated carbocycles. The lowest BCUT2D eigenvalue weighted by Gasteiger charge is -2.04. The Morgan fingerprint density at radius 1 is 0.963 bits per heavy atom. The van der Waals surface area contributed by atoms with Crippen LogP contribution in [0, 0.1) is 0 Å². The first-order valence-electron chi connectivity index (χ1n) is 8.34. The Bertz CT molecular complexity index is 885. The van der Waals surface area contributed by atoms with Crippen molar-refractivity contribution in [3.8, 4) is 0 Å². The van der Waals surface area contributed by atoms with Crippen molar-refractivity contribution in [3.05, 3.63) is 71.8 Å². The SMILES string of the molecule is O=C(CCNC(=O)c1ccccc1)Nc1nnc(SCc2ccccc2)s1. The van der Waals surface area contributed by atoms with Crippen LogP contribution in [0.15, 0.2) is 65.0 Å². The van der Waals surface area contributed by atoms with Gasteiger partial charge in [0.15, 0.2) is 4.34 Å². The van der Waals surface area contributed by atoms with Crippen molar-refractivity contribution in [2.75, 3.05) is 11.9 Å². The van der Waals surface area contributed by atoms with Gasteiger partial charge in [0.25, 0.3) is 5.91 Å². The van der Waals surface area contributed by atoms with Crippen LogP contribution >= 0.6 is 23.1 Å². The van der Waals surface area contributed by atoms with Gasteiger partial charge in [-0.15, -0.1) is 10.2 Å². The summed E-state index contributed by atoms with van der Waals surface area (Å²) in [4.78, 5) is 23.9. The number of amides is 2. The number of thioether (sulfide) groups is 1. The largest absolute Gasteiger partial charge is 0.352 e. The summed E-state index contributed by atoms with van der Waals surface area (Å²) >= 11 is 2.92. The summed E-state index contributed by atoms with van der Waals surface area (Å²) in [5.74, 6) is 0.396. The number of rotatable bonds is 8. The van der Waals surface area contributed by atoms with E-state index in [4.69, 9.17) is 0 Å². The molecule has 2 aromatic carbocycles. The molecule has 0 saturated heterocycles. The number of anilines is 1. The maximum atomic E-state index is 12.0. The third-order valence-corrected chi connectivity index (χ3v) is 5.57. The van der Waals surface area contributed by atoms with Gasteiger partial charge in [-0.2, -0.15) is 0 Å². The molecule has 0 atom stereocenters. The normalized spacial score (nSPS) is 10.4. The van der Waals surface area contributed by atoms with Gasteiger partial charge in [0.1, 0.15) is 0 Å². The van der Waals surface area contributed by atoms with E-state index in [0.29, 0.717) is 10.7 Å². The molecule has 0 aliphatic rings. The maximum Gasteiger partial charge on any atom is 0.251 e. The Kier molecular flexibility index (Phi) is 6.95. The quantitative estimate of drug-likeness (QED) is 0.447. The molecule has 3 aromatic rings. The highest BCUT2D eigenvalue weighted by Crippen LogP contribution is 2.28. The van der Waals surface area contributed by atoms with Gasteiger partial charge in [0.05, 0.1) is 0 Å². The lowest BCUT2D eigenvalue weighted by molar-refractivity contribution is -0.116. The van der Waals surface area contributed by atoms with Gasteiger partial charge in [-0.05, 0) is 17.7 Å². The fraction of sp³-hybridized carbons (Fsp3) is 0.158. The molecule has 0 radical (unpaired) electrons. The number of benzene rings is 2. The van der Waals surface area contributed by atoms with E-state index in [0.717, 1.165) is 10.1 Å². The van der Waals surface area contributed by atoms with E-state index in [1.165, 1.54) is 16.9 Å². The Hall–Kier alpha value is -2.71. The first-order valence-corrected chi connectivity index (χ1v) is 10.1. The van der Waals surface area contributed by atoms with E-state index < -0.39 is 0 Å². The maximum absolute atomic E-state index is 12.0. The fourth-order valence-electron chi connectivity index (χ4n) is 2.20. The molecule has 0 unspecified atom stereocenters. The number of nitrogens with zero attached hydrogens (tertiary/aromatic N) is 2. The average molecular weight is 399 g/mol. The molecular formula is C19H18N4O2S2. The lowest BCUT2D eigenvalue weighted by Crippen LogP contribution is -2.27. The van der Waals surface area contributed by atoms with Crippen LogP contribution in [0.25, 0.3) is 0 Å². The summed E-state index contributed by atoms with van der Waals surface area (Å²) in [5, 5.41) is 14.0. The summed E-state index contributed by atoms with van der Waals surface area (Å²) < 4.78 is 0.798. The van der Waals surface area contributed by atoms with Gasteiger partial charge < -0.3 is 10.6 Å². The number of hydrogen-bond donors (Lipinski definition) is 2. The topological polar surface area (TPSA) is 84.0 Å². The third kappa shape index (κ3) is 6.19. The second-order valence-electron chi connectivity index (χ2n) is 5.57. The predicted octanol–water partition coefficient (Wildman–Crippen LogP) is 3.59. The van der Waals surface area contributed by atoms with E-state index >= 15 is 0 Å². The minimum atomic E-state index is -0.209. The molecule has 27 heavy (non-hydrogen) atoms. The summed E-state index contributed by atoms with van der Waals surface area (Å²) in [7, 11) is 0. The zero-order valence-corrected chi connectivity index (χ0v) is 16.1. The molecule has 0 aliphatic carbocycles. The number of nitrogens with one attached hydrogen (secondary N) is 2. The Morgan fingerprint density at radius 3 is 2.41 bits per heavy atom. The zero-order valence-electron chi connectivity index (χ0n) is 14.4. The Morgan fingerprint density at radius 2 is 1.67 bits per heavy atom. The number of hydrogen-bond acceptors (Lipinski definition) is 6. The van der Waals surface area contributed by atoms with Gasteiger partial charge in [0, 0.05) is 24.3 Å². The molecule has 2 N–H and O–H groups in total. The van der Waals surface area contributed by atoms with E-state index in [2.05, 4.69) is 33.0 Å². The van der Waals surface area contributed by atoms with E-state index in [1.54, 1.807) is 36.0 Å². The van der Waals surface area contributed by atoms with Crippen LogP contribution in [0.5, 0.6) is 0 Å². The zero-order chi connectivity index (χ0) is 18.9. The van der Waals surface area contributed by atoms with Crippen LogP contribution < -0.4 is 10.6 Å². The van der Waals surface area contributed by atoms with Crippen LogP contribution in [0.4, 0.5) is 5.13 Å². The van der Waals surface area contributed by atoms with Gasteiger partial charge in [-0.3, -0.25) is 9.59 Å². The van der Waals surface area contributed by atoms with Gasteiger partial charge in [-0.25, -0.2) is 0 Å². The molecular weight excluding hydrogens is 380 g/mol. The van der Waals surface area contributed by atoms with Crippen molar-refractivity contribution < 1.29 is 9.59 Å². The van der Waals surface area contributed by atoms with Crippen molar-refractivity contribution in [2.45, 2.75) is 16.5 Å². The van der Waals surface area contributed by atoms with Crippen LogP contribution in [-0.4, -0.2) is 28.6 Å². The molecule has 1 aromatic heterocycles. The number of carbonyl (C=O) groups excluding carboxylic acids is 2. The van der Waals surface area contributed by atoms with E-state index in [1.807, 2.05) is 24.3 Å². The van der Waals surface area contributed by atoms with Crippen molar-refractivity contribution in [2.24, 2.45) is 0 Å². The van der Waals surface area contributed by atoms with Gasteiger partial charge in [-0.1, -0.05) is 71.6 Å². The molecule has 0 spiro atoms. The first-order chi connectivity index (χ1) is 13.2. The highest BCUT2D eigenvalue weighted by molar-refractivity contribution is 8.00. The summed E-state index contributed by atoms with van der Waals surface area (Å²) in [6.45, 7) is 0.258. The van der Waals surface area contributed by atoms with Crippen LogP contribution in [0.1, 0.15) is 22.3 Å². The van der Waals surface area contributed by atoms with E-state index in [-0.39, 0.29) is 24.8 Å². The number of aromatic nitrogens is 2. The van der Waals surface area contributed by atoms with Gasteiger partial charge >= 0.3 is 0 Å². The predicted molar refractivity (Wildman–Crippen MR) is 108 cm³/mol. The molecule has 138 valence electrons. The van der Waals surface area contributed by atoms with Crippen molar-refractivity contribution in [3.63, 3.8) is 0 Å². The highest BCUT2D eigenvalue weighted by atomic mass is 32.2. The standard InChI is InChI=1S/C19H18N4O2S2/c24-16(11-12-20-17(25)15-9-5-2-6-10-15)21-18-22-23-19(27-18)26-13-14-7-3-1-4-8-14/h1-10H,11-13H2,(H,20,25)(H,21,22,24). The smallest absolute Gasteiger partial charge is 0.251 e. The second kappa shape index (κ2) is 9.84. The monoisotopic (exact) mass is 398 g/mol. The minimum absolute atomic E-state index is 0.171. The van der Waals surface area contributed by atoms with Crippen LogP contribution in [-0.2, 0) is 10.5 Å². The first kappa shape index (κ1) is 19.1. The summed E-state index contributed by atoms with van der Waals surface area (Å²) in [6.07, 6.45) is 0.171. The summed E-state index contributed by atoms with van der Waals surface area (Å²) in [6, 6.07) is 19.0. The average Bonchev–Trinajstić information content (AvgIpc) is 3.15. The second-order valence-corrected chi connectivity index (χ2v) is 7.77. The molecule has 2 amide bonds. The molecule has 0 fully saturated rings. The number of carbonyl (C=O) groups is 2. The third-order valence-electron chi connectivity index (χ3n) is 3.53.